The van der Waals surface area contributed by atoms with Crippen molar-refractivity contribution in [3.05, 3.63) is 82.6 Å². The summed E-state index contributed by atoms with van der Waals surface area (Å²) in [5.41, 5.74) is 5.40. The average Bonchev–Trinajstić information content (AvgIpc) is 3.13. The highest BCUT2D eigenvalue weighted by molar-refractivity contribution is 9.10. The van der Waals surface area contributed by atoms with Crippen molar-refractivity contribution in [2.24, 2.45) is 0 Å². The maximum absolute atomic E-state index is 5.07. The highest BCUT2D eigenvalue weighted by Crippen LogP contribution is 2.32. The second-order valence-corrected chi connectivity index (χ2v) is 8.12. The van der Waals surface area contributed by atoms with Crippen molar-refractivity contribution in [2.45, 2.75) is 12.8 Å². The smallest absolute Gasteiger partial charge is 0.148 e. The molecular weight excluding hydrogens is 410 g/mol. The molecule has 0 bridgehead atoms. The molecule has 0 atom stereocenters. The molecule has 134 valence electrons. The molecule has 0 N–H and O–H groups in total. The molecule has 6 rings (SSSR count). The van der Waals surface area contributed by atoms with Crippen molar-refractivity contribution in [2.75, 3.05) is 0 Å². The number of imidazole rings is 1. The quantitative estimate of drug-likeness (QED) is 0.310. The third kappa shape index (κ3) is 2.34. The first-order chi connectivity index (χ1) is 13.8. The summed E-state index contributed by atoms with van der Waals surface area (Å²) in [6.45, 7) is 0. The lowest BCUT2D eigenvalue weighted by atomic mass is 10.1. The fraction of sp³-hybridized carbons (Fsp3) is 0.0833. The molecule has 2 heterocycles. The van der Waals surface area contributed by atoms with Crippen LogP contribution in [0, 0.1) is 0 Å². The van der Waals surface area contributed by atoms with Gasteiger partial charge in [0.15, 0.2) is 0 Å². The molecule has 0 unspecified atom stereocenters. The number of aryl methyl sites for hydroxylation is 1. The van der Waals surface area contributed by atoms with E-state index in [4.69, 9.17) is 9.97 Å². The largest absolute Gasteiger partial charge is 0.280 e. The zero-order valence-corrected chi connectivity index (χ0v) is 16.6. The predicted molar refractivity (Wildman–Crippen MR) is 118 cm³/mol. The van der Waals surface area contributed by atoms with Gasteiger partial charge in [-0.1, -0.05) is 52.3 Å². The van der Waals surface area contributed by atoms with Crippen LogP contribution in [0.2, 0.25) is 0 Å². The van der Waals surface area contributed by atoms with Crippen LogP contribution in [0.5, 0.6) is 0 Å². The normalized spacial score (nSPS) is 13.5. The number of fused-ring (bicyclic) bond motifs is 6. The van der Waals surface area contributed by atoms with Gasteiger partial charge in [-0.2, -0.15) is 0 Å². The van der Waals surface area contributed by atoms with E-state index in [-0.39, 0.29) is 0 Å². The summed E-state index contributed by atoms with van der Waals surface area (Å²) in [5.74, 6) is 0.961. The van der Waals surface area contributed by atoms with E-state index in [9.17, 15) is 0 Å². The van der Waals surface area contributed by atoms with Gasteiger partial charge in [0.25, 0.3) is 0 Å². The maximum Gasteiger partial charge on any atom is 0.148 e. The summed E-state index contributed by atoms with van der Waals surface area (Å²) in [7, 11) is 0. The highest BCUT2D eigenvalue weighted by atomic mass is 79.9. The minimum atomic E-state index is 0.961. The first-order valence-corrected chi connectivity index (χ1v) is 10.2. The van der Waals surface area contributed by atoms with Gasteiger partial charge >= 0.3 is 0 Å². The third-order valence-electron chi connectivity index (χ3n) is 5.47. The average molecular weight is 426 g/mol. The summed E-state index contributed by atoms with van der Waals surface area (Å²) in [6, 6.07) is 21.2. The SMILES string of the molecule is Brc1ccc2cc(-c3nc4ccccc4c4nc5c(n34)CCC=C5)ccc2c1. The molecule has 1 aliphatic carbocycles. The number of aromatic nitrogens is 3. The second-order valence-electron chi connectivity index (χ2n) is 7.20. The van der Waals surface area contributed by atoms with E-state index in [1.165, 1.54) is 16.5 Å². The van der Waals surface area contributed by atoms with Crippen LogP contribution >= 0.6 is 15.9 Å². The molecule has 28 heavy (non-hydrogen) atoms. The van der Waals surface area contributed by atoms with Crippen LogP contribution in [-0.4, -0.2) is 14.4 Å². The number of halogens is 1. The lowest BCUT2D eigenvalue weighted by Gasteiger charge is -2.12. The molecule has 2 aromatic heterocycles. The van der Waals surface area contributed by atoms with Gasteiger partial charge in [0.05, 0.1) is 16.9 Å². The molecule has 0 saturated carbocycles. The van der Waals surface area contributed by atoms with E-state index in [1.54, 1.807) is 0 Å². The Balaban J connectivity index is 1.73. The van der Waals surface area contributed by atoms with Crippen LogP contribution in [-0.2, 0) is 6.42 Å². The molecule has 0 aliphatic heterocycles. The number of nitrogens with zero attached hydrogens (tertiary/aromatic N) is 3. The minimum absolute atomic E-state index is 0.961. The molecular formula is C24H16BrN3. The molecule has 4 heteroatoms. The van der Waals surface area contributed by atoms with Gasteiger partial charge in [-0.05, 0) is 60.0 Å². The first-order valence-electron chi connectivity index (χ1n) is 9.44. The van der Waals surface area contributed by atoms with Crippen LogP contribution in [0.25, 0.3) is 44.8 Å². The number of hydrogen-bond donors (Lipinski definition) is 0. The maximum atomic E-state index is 5.07. The third-order valence-corrected chi connectivity index (χ3v) is 5.96. The van der Waals surface area contributed by atoms with E-state index in [1.807, 2.05) is 6.07 Å². The van der Waals surface area contributed by atoms with E-state index in [0.717, 1.165) is 50.9 Å². The second kappa shape index (κ2) is 6.01. The molecule has 0 amide bonds. The summed E-state index contributed by atoms with van der Waals surface area (Å²) in [5, 5.41) is 3.52. The Kier molecular flexibility index (Phi) is 3.44. The van der Waals surface area contributed by atoms with Gasteiger partial charge in [-0.15, -0.1) is 0 Å². The number of benzene rings is 3. The van der Waals surface area contributed by atoms with Gasteiger partial charge < -0.3 is 0 Å². The van der Waals surface area contributed by atoms with Crippen LogP contribution in [0.1, 0.15) is 17.8 Å². The lowest BCUT2D eigenvalue weighted by molar-refractivity contribution is 0.903. The predicted octanol–water partition coefficient (Wildman–Crippen LogP) is 6.42. The standard InChI is InChI=1S/C24H16BrN3/c25-18-12-11-15-13-17(10-9-16(15)14-18)23-26-20-6-2-1-5-19(20)24-27-21-7-3-4-8-22(21)28(23)24/h1-3,5-7,9-14H,4,8H2. The number of rotatable bonds is 1. The Hall–Kier alpha value is -2.98. The molecule has 0 fully saturated rings. The summed E-state index contributed by atoms with van der Waals surface area (Å²) < 4.78 is 3.36. The van der Waals surface area contributed by atoms with E-state index in [0.29, 0.717) is 0 Å². The highest BCUT2D eigenvalue weighted by Gasteiger charge is 2.19. The van der Waals surface area contributed by atoms with E-state index >= 15 is 0 Å². The fourth-order valence-electron chi connectivity index (χ4n) is 4.14. The molecule has 1 aliphatic rings. The zero-order valence-electron chi connectivity index (χ0n) is 15.1. The summed E-state index contributed by atoms with van der Waals surface area (Å²) in [6.07, 6.45) is 6.37. The fourth-order valence-corrected chi connectivity index (χ4v) is 4.52. The van der Waals surface area contributed by atoms with E-state index < -0.39 is 0 Å². The Bertz CT molecular complexity index is 1430. The molecule has 3 nitrogen and oxygen atoms in total. The topological polar surface area (TPSA) is 30.2 Å². The molecule has 0 radical (unpaired) electrons. The van der Waals surface area contributed by atoms with Crippen molar-refractivity contribution in [1.29, 1.82) is 0 Å². The van der Waals surface area contributed by atoms with Crippen molar-refractivity contribution in [1.82, 2.24) is 14.4 Å². The van der Waals surface area contributed by atoms with Gasteiger partial charge in [0.2, 0.25) is 0 Å². The molecule has 0 spiro atoms. The van der Waals surface area contributed by atoms with Crippen LogP contribution < -0.4 is 0 Å². The van der Waals surface area contributed by atoms with Crippen molar-refractivity contribution >= 4 is 49.3 Å². The van der Waals surface area contributed by atoms with Gasteiger partial charge in [0, 0.05) is 15.4 Å². The van der Waals surface area contributed by atoms with Crippen molar-refractivity contribution < 1.29 is 0 Å². The Labute approximate surface area is 170 Å². The number of allylic oxidation sites excluding steroid dienone is 1. The molecule has 5 aromatic rings. The van der Waals surface area contributed by atoms with Crippen molar-refractivity contribution in [3.63, 3.8) is 0 Å². The van der Waals surface area contributed by atoms with Gasteiger partial charge in [-0.25, -0.2) is 9.97 Å². The Morgan fingerprint density at radius 1 is 0.893 bits per heavy atom. The van der Waals surface area contributed by atoms with Crippen molar-refractivity contribution in [3.8, 4) is 11.4 Å². The lowest BCUT2D eigenvalue weighted by Crippen LogP contribution is -2.03. The molecule has 0 saturated heterocycles. The minimum Gasteiger partial charge on any atom is -0.280 e. The summed E-state index contributed by atoms with van der Waals surface area (Å²) in [4.78, 5) is 10.0. The Morgan fingerprint density at radius 3 is 2.71 bits per heavy atom. The monoisotopic (exact) mass is 425 g/mol. The van der Waals surface area contributed by atoms with Gasteiger partial charge in [-0.3, -0.25) is 4.40 Å². The molecule has 3 aromatic carbocycles. The Morgan fingerprint density at radius 2 is 1.75 bits per heavy atom. The van der Waals surface area contributed by atoms with E-state index in [2.05, 4.69) is 87.1 Å². The van der Waals surface area contributed by atoms with Crippen LogP contribution in [0.15, 0.2) is 71.2 Å². The van der Waals surface area contributed by atoms with Crippen LogP contribution in [0.3, 0.4) is 0 Å². The number of hydrogen-bond acceptors (Lipinski definition) is 2. The zero-order chi connectivity index (χ0) is 18.7. The first kappa shape index (κ1) is 16.0. The van der Waals surface area contributed by atoms with Crippen LogP contribution in [0.4, 0.5) is 0 Å². The number of para-hydroxylation sites is 1. The van der Waals surface area contributed by atoms with Gasteiger partial charge in [0.1, 0.15) is 11.5 Å². The summed E-state index contributed by atoms with van der Waals surface area (Å²) >= 11 is 3.56.